The predicted octanol–water partition coefficient (Wildman–Crippen LogP) is 3.21. The quantitative estimate of drug-likeness (QED) is 0.629. The van der Waals surface area contributed by atoms with E-state index in [1.807, 2.05) is 12.1 Å². The van der Waals surface area contributed by atoms with E-state index in [2.05, 4.69) is 11.6 Å². The lowest BCUT2D eigenvalue weighted by Crippen LogP contribution is -1.93. The fourth-order valence-corrected chi connectivity index (χ4v) is 3.16. The van der Waals surface area contributed by atoms with E-state index in [-0.39, 0.29) is 0 Å². The maximum atomic E-state index is 5.97. The van der Waals surface area contributed by atoms with Crippen LogP contribution < -0.4 is 10.5 Å². The highest BCUT2D eigenvalue weighted by molar-refractivity contribution is 7.99. The van der Waals surface area contributed by atoms with E-state index in [0.717, 1.165) is 16.8 Å². The monoisotopic (exact) mass is 225 g/mol. The van der Waals surface area contributed by atoms with Crippen LogP contribution in [0.15, 0.2) is 22.4 Å². The Bertz CT molecular complexity index is 464. The van der Waals surface area contributed by atoms with E-state index in [1.165, 1.54) is 9.60 Å². The van der Waals surface area contributed by atoms with Crippen molar-refractivity contribution in [3.05, 3.63) is 17.5 Å². The summed E-state index contributed by atoms with van der Waals surface area (Å²) in [5.41, 5.74) is 6.71. The average molecular weight is 225 g/mol. The van der Waals surface area contributed by atoms with Gasteiger partial charge in [-0.25, -0.2) is 0 Å². The molecule has 0 radical (unpaired) electrons. The number of ether oxygens (including phenoxy) is 1. The van der Waals surface area contributed by atoms with Crippen molar-refractivity contribution in [1.82, 2.24) is 0 Å². The molecule has 0 bridgehead atoms. The van der Waals surface area contributed by atoms with Gasteiger partial charge < -0.3 is 10.5 Å². The van der Waals surface area contributed by atoms with Crippen LogP contribution >= 0.6 is 23.1 Å². The second-order valence-electron chi connectivity index (χ2n) is 2.86. The largest absolute Gasteiger partial charge is 0.495 e. The van der Waals surface area contributed by atoms with Crippen molar-refractivity contribution in [2.24, 2.45) is 0 Å². The third kappa shape index (κ3) is 1.35. The molecule has 0 aliphatic rings. The lowest BCUT2D eigenvalue weighted by Gasteiger charge is -2.08. The van der Waals surface area contributed by atoms with Gasteiger partial charge in [0.15, 0.2) is 0 Å². The third-order valence-corrected chi connectivity index (χ3v) is 3.99. The Labute approximate surface area is 91.1 Å². The third-order valence-electron chi connectivity index (χ3n) is 2.15. The Morgan fingerprint density at radius 3 is 2.93 bits per heavy atom. The standard InChI is InChI=1S/C10H11NOS2/c1-12-7-5-8(13-2)10-6(9(7)11)3-4-14-10/h3-5H,11H2,1-2H3. The number of thiophene rings is 1. The van der Waals surface area contributed by atoms with Gasteiger partial charge in [0.2, 0.25) is 0 Å². The Morgan fingerprint density at radius 2 is 2.29 bits per heavy atom. The minimum Gasteiger partial charge on any atom is -0.495 e. The Kier molecular flexibility index (Phi) is 2.56. The van der Waals surface area contributed by atoms with Gasteiger partial charge in [-0.3, -0.25) is 0 Å². The van der Waals surface area contributed by atoms with Crippen LogP contribution in [0.4, 0.5) is 5.69 Å². The summed E-state index contributed by atoms with van der Waals surface area (Å²) in [4.78, 5) is 1.22. The highest BCUT2D eigenvalue weighted by atomic mass is 32.2. The van der Waals surface area contributed by atoms with Crippen LogP contribution in [0.1, 0.15) is 0 Å². The molecule has 4 heteroatoms. The molecule has 1 aromatic heterocycles. The van der Waals surface area contributed by atoms with Crippen LogP contribution in [0.3, 0.4) is 0 Å². The molecule has 1 heterocycles. The smallest absolute Gasteiger partial charge is 0.143 e. The summed E-state index contributed by atoms with van der Waals surface area (Å²) in [6, 6.07) is 4.04. The Balaban J connectivity index is 2.80. The zero-order chi connectivity index (χ0) is 10.1. The minimum atomic E-state index is 0.738. The summed E-state index contributed by atoms with van der Waals surface area (Å²) in [7, 11) is 1.65. The molecule has 0 saturated carbocycles. The van der Waals surface area contributed by atoms with Gasteiger partial charge in [0, 0.05) is 10.3 Å². The average Bonchev–Trinajstić information content (AvgIpc) is 2.68. The highest BCUT2D eigenvalue weighted by Crippen LogP contribution is 2.40. The Hall–Kier alpha value is -0.870. The molecule has 0 atom stereocenters. The second kappa shape index (κ2) is 3.71. The number of anilines is 1. The molecule has 0 saturated heterocycles. The van der Waals surface area contributed by atoms with Gasteiger partial charge in [-0.15, -0.1) is 23.1 Å². The number of thioether (sulfide) groups is 1. The fraction of sp³-hybridized carbons (Fsp3) is 0.200. The number of hydrogen-bond acceptors (Lipinski definition) is 4. The molecule has 0 amide bonds. The summed E-state index contributed by atoms with van der Waals surface area (Å²) in [6.45, 7) is 0. The van der Waals surface area contributed by atoms with E-state index in [9.17, 15) is 0 Å². The summed E-state index contributed by atoms with van der Waals surface area (Å²) in [5.74, 6) is 0.764. The molecule has 2 aromatic rings. The van der Waals surface area contributed by atoms with Gasteiger partial charge in [0.05, 0.1) is 17.5 Å². The highest BCUT2D eigenvalue weighted by Gasteiger charge is 2.10. The number of fused-ring (bicyclic) bond motifs is 1. The van der Waals surface area contributed by atoms with Gasteiger partial charge in [-0.05, 0) is 23.8 Å². The first kappa shape index (κ1) is 9.68. The molecule has 2 rings (SSSR count). The molecule has 2 N–H and O–H groups in total. The van der Waals surface area contributed by atoms with Gasteiger partial charge in [-0.2, -0.15) is 0 Å². The summed E-state index contributed by atoms with van der Waals surface area (Å²) in [6.07, 6.45) is 2.06. The van der Waals surface area contributed by atoms with Gasteiger partial charge in [0.1, 0.15) is 5.75 Å². The predicted molar refractivity (Wildman–Crippen MR) is 64.6 cm³/mol. The topological polar surface area (TPSA) is 35.2 Å². The first-order valence-corrected chi connectivity index (χ1v) is 6.26. The zero-order valence-corrected chi connectivity index (χ0v) is 9.67. The first-order chi connectivity index (χ1) is 6.77. The van der Waals surface area contributed by atoms with Crippen LogP contribution in [0, 0.1) is 0 Å². The molecule has 14 heavy (non-hydrogen) atoms. The van der Waals surface area contributed by atoms with Crippen molar-refractivity contribution < 1.29 is 4.74 Å². The van der Waals surface area contributed by atoms with Crippen molar-refractivity contribution in [2.45, 2.75) is 4.90 Å². The zero-order valence-electron chi connectivity index (χ0n) is 8.03. The van der Waals surface area contributed by atoms with Crippen molar-refractivity contribution in [1.29, 1.82) is 0 Å². The SMILES string of the molecule is COc1cc(SC)c2sccc2c1N. The van der Waals surface area contributed by atoms with Gasteiger partial charge in [0.25, 0.3) is 0 Å². The van der Waals surface area contributed by atoms with Crippen LogP contribution in [0.5, 0.6) is 5.75 Å². The number of methoxy groups -OCH3 is 1. The molecule has 0 unspecified atom stereocenters. The van der Waals surface area contributed by atoms with Crippen molar-refractivity contribution in [3.63, 3.8) is 0 Å². The lowest BCUT2D eigenvalue weighted by atomic mass is 10.2. The summed E-state index contributed by atoms with van der Waals surface area (Å²) < 4.78 is 6.48. The molecule has 0 spiro atoms. The molecule has 0 fully saturated rings. The van der Waals surface area contributed by atoms with Crippen LogP contribution in [-0.2, 0) is 0 Å². The molecule has 1 aromatic carbocycles. The summed E-state index contributed by atoms with van der Waals surface area (Å²) in [5, 5.41) is 3.15. The number of benzene rings is 1. The first-order valence-electron chi connectivity index (χ1n) is 4.15. The molecule has 2 nitrogen and oxygen atoms in total. The fourth-order valence-electron chi connectivity index (χ4n) is 1.43. The molecule has 0 aliphatic carbocycles. The van der Waals surface area contributed by atoms with Crippen LogP contribution in [-0.4, -0.2) is 13.4 Å². The van der Waals surface area contributed by atoms with E-state index >= 15 is 0 Å². The maximum Gasteiger partial charge on any atom is 0.143 e. The number of hydrogen-bond donors (Lipinski definition) is 1. The number of rotatable bonds is 2. The van der Waals surface area contributed by atoms with E-state index in [1.54, 1.807) is 30.2 Å². The number of nitrogen functional groups attached to an aromatic ring is 1. The minimum absolute atomic E-state index is 0.738. The molecule has 74 valence electrons. The summed E-state index contributed by atoms with van der Waals surface area (Å²) >= 11 is 3.43. The van der Waals surface area contributed by atoms with Crippen LogP contribution in [0.2, 0.25) is 0 Å². The normalized spacial score (nSPS) is 10.7. The Morgan fingerprint density at radius 1 is 1.50 bits per heavy atom. The van der Waals surface area contributed by atoms with Crippen molar-refractivity contribution in [2.75, 3.05) is 19.1 Å². The van der Waals surface area contributed by atoms with Crippen LogP contribution in [0.25, 0.3) is 10.1 Å². The number of nitrogens with two attached hydrogens (primary N) is 1. The van der Waals surface area contributed by atoms with Gasteiger partial charge >= 0.3 is 0 Å². The molecule has 0 aliphatic heterocycles. The second-order valence-corrected chi connectivity index (χ2v) is 4.62. The lowest BCUT2D eigenvalue weighted by molar-refractivity contribution is 0.416. The van der Waals surface area contributed by atoms with E-state index in [0.29, 0.717) is 0 Å². The van der Waals surface area contributed by atoms with Gasteiger partial charge in [-0.1, -0.05) is 0 Å². The molecular formula is C10H11NOS2. The van der Waals surface area contributed by atoms with E-state index in [4.69, 9.17) is 10.5 Å². The van der Waals surface area contributed by atoms with Crippen molar-refractivity contribution in [3.8, 4) is 5.75 Å². The molecular weight excluding hydrogens is 214 g/mol. The maximum absolute atomic E-state index is 5.97. The van der Waals surface area contributed by atoms with Crippen molar-refractivity contribution >= 4 is 38.9 Å². The van der Waals surface area contributed by atoms with E-state index < -0.39 is 0 Å².